The molecule has 1 aromatic carbocycles. The Kier molecular flexibility index (Phi) is 5.43. The second-order valence-electron chi connectivity index (χ2n) is 6.10. The minimum absolute atomic E-state index is 0.0189. The molecule has 1 fully saturated rings. The van der Waals surface area contributed by atoms with Crippen molar-refractivity contribution < 1.29 is 9.53 Å². The summed E-state index contributed by atoms with van der Waals surface area (Å²) in [4.78, 5) is 18.2. The van der Waals surface area contributed by atoms with Gasteiger partial charge in [0.05, 0.1) is 19.3 Å². The summed E-state index contributed by atoms with van der Waals surface area (Å²) in [6, 6.07) is 10.1. The average molecular weight is 329 g/mol. The van der Waals surface area contributed by atoms with Crippen molar-refractivity contribution in [1.29, 1.82) is 0 Å². The SMILES string of the molecule is C[C@H](Cn1cncn1)NC(=O)N1CCO[C@H](Cc2ccccc2)C1. The molecule has 7 nitrogen and oxygen atoms in total. The van der Waals surface area contributed by atoms with Gasteiger partial charge in [0.25, 0.3) is 0 Å². The van der Waals surface area contributed by atoms with Crippen LogP contribution in [0.25, 0.3) is 0 Å². The van der Waals surface area contributed by atoms with E-state index in [4.69, 9.17) is 4.74 Å². The summed E-state index contributed by atoms with van der Waals surface area (Å²) in [6.45, 7) is 4.36. The van der Waals surface area contributed by atoms with Crippen molar-refractivity contribution in [3.05, 3.63) is 48.5 Å². The van der Waals surface area contributed by atoms with Gasteiger partial charge < -0.3 is 15.0 Å². The number of benzene rings is 1. The number of hydrogen-bond acceptors (Lipinski definition) is 4. The molecule has 0 saturated carbocycles. The molecule has 128 valence electrons. The quantitative estimate of drug-likeness (QED) is 0.898. The molecule has 24 heavy (non-hydrogen) atoms. The van der Waals surface area contributed by atoms with Gasteiger partial charge in [-0.3, -0.25) is 4.68 Å². The highest BCUT2D eigenvalue weighted by Crippen LogP contribution is 2.12. The molecule has 0 bridgehead atoms. The maximum absolute atomic E-state index is 12.4. The van der Waals surface area contributed by atoms with Crippen molar-refractivity contribution in [1.82, 2.24) is 25.0 Å². The number of rotatable bonds is 5. The molecule has 1 aliphatic rings. The molecule has 0 unspecified atom stereocenters. The van der Waals surface area contributed by atoms with Gasteiger partial charge in [0.1, 0.15) is 12.7 Å². The molecular weight excluding hydrogens is 306 g/mol. The van der Waals surface area contributed by atoms with Gasteiger partial charge in [-0.05, 0) is 12.5 Å². The molecule has 2 amide bonds. The topological polar surface area (TPSA) is 72.3 Å². The third-order valence-electron chi connectivity index (χ3n) is 4.03. The highest BCUT2D eigenvalue weighted by Gasteiger charge is 2.25. The summed E-state index contributed by atoms with van der Waals surface area (Å²) in [5, 5.41) is 7.07. The molecule has 1 N–H and O–H groups in total. The molecular formula is C17H23N5O2. The van der Waals surface area contributed by atoms with E-state index in [0.717, 1.165) is 6.42 Å². The number of morpholine rings is 1. The number of carbonyl (C=O) groups is 1. The van der Waals surface area contributed by atoms with Crippen LogP contribution in [-0.2, 0) is 17.7 Å². The molecule has 3 rings (SSSR count). The van der Waals surface area contributed by atoms with Crippen LogP contribution in [0.2, 0.25) is 0 Å². The van der Waals surface area contributed by atoms with Crippen molar-refractivity contribution in [3.8, 4) is 0 Å². The van der Waals surface area contributed by atoms with Gasteiger partial charge >= 0.3 is 6.03 Å². The van der Waals surface area contributed by atoms with Gasteiger partial charge in [0.15, 0.2) is 0 Å². The number of nitrogens with one attached hydrogen (secondary N) is 1. The summed E-state index contributed by atoms with van der Waals surface area (Å²) in [5.41, 5.74) is 1.23. The van der Waals surface area contributed by atoms with E-state index in [1.54, 1.807) is 11.0 Å². The van der Waals surface area contributed by atoms with Gasteiger partial charge in [-0.25, -0.2) is 9.78 Å². The van der Waals surface area contributed by atoms with E-state index in [1.165, 1.54) is 11.9 Å². The number of amides is 2. The predicted octanol–water partition coefficient (Wildman–Crippen LogP) is 1.32. The number of ether oxygens (including phenoxy) is 1. The highest BCUT2D eigenvalue weighted by atomic mass is 16.5. The molecule has 1 aliphatic heterocycles. The van der Waals surface area contributed by atoms with Crippen molar-refractivity contribution >= 4 is 6.03 Å². The third-order valence-corrected chi connectivity index (χ3v) is 4.03. The fraction of sp³-hybridized carbons (Fsp3) is 0.471. The standard InChI is InChI=1S/C17H23N5O2/c1-14(10-22-13-18-12-19-22)20-17(23)21-7-8-24-16(11-21)9-15-5-3-2-4-6-15/h2-6,12-14,16H,7-11H2,1H3,(H,20,23)/t14-,16-/m1/s1. The number of hydrogen-bond donors (Lipinski definition) is 1. The van der Waals surface area contributed by atoms with E-state index in [-0.39, 0.29) is 18.2 Å². The second kappa shape index (κ2) is 7.92. The summed E-state index contributed by atoms with van der Waals surface area (Å²) in [5.74, 6) is 0. The van der Waals surface area contributed by atoms with Crippen LogP contribution >= 0.6 is 0 Å². The van der Waals surface area contributed by atoms with Crippen LogP contribution in [0, 0.1) is 0 Å². The normalized spacial score (nSPS) is 19.0. The second-order valence-corrected chi connectivity index (χ2v) is 6.10. The summed E-state index contributed by atoms with van der Waals surface area (Å²) >= 11 is 0. The Labute approximate surface area is 141 Å². The first kappa shape index (κ1) is 16.4. The van der Waals surface area contributed by atoms with Crippen LogP contribution < -0.4 is 5.32 Å². The zero-order valence-electron chi connectivity index (χ0n) is 13.8. The van der Waals surface area contributed by atoms with Gasteiger partial charge in [-0.15, -0.1) is 0 Å². The number of carbonyl (C=O) groups excluding carboxylic acids is 1. The van der Waals surface area contributed by atoms with Crippen molar-refractivity contribution in [3.63, 3.8) is 0 Å². The number of urea groups is 1. The lowest BCUT2D eigenvalue weighted by Crippen LogP contribution is -2.52. The van der Waals surface area contributed by atoms with E-state index in [1.807, 2.05) is 30.0 Å². The van der Waals surface area contributed by atoms with Crippen molar-refractivity contribution in [2.45, 2.75) is 32.0 Å². The van der Waals surface area contributed by atoms with Crippen LogP contribution in [0.4, 0.5) is 4.79 Å². The third kappa shape index (κ3) is 4.55. The van der Waals surface area contributed by atoms with Crippen LogP contribution in [0.1, 0.15) is 12.5 Å². The molecule has 2 atom stereocenters. The fourth-order valence-corrected chi connectivity index (χ4v) is 2.86. The smallest absolute Gasteiger partial charge is 0.317 e. The molecule has 2 aromatic rings. The van der Waals surface area contributed by atoms with E-state index >= 15 is 0 Å². The number of nitrogens with zero attached hydrogens (tertiary/aromatic N) is 4. The maximum Gasteiger partial charge on any atom is 0.317 e. The van der Waals surface area contributed by atoms with Gasteiger partial charge in [-0.1, -0.05) is 30.3 Å². The Balaban J connectivity index is 1.49. The van der Waals surface area contributed by atoms with Gasteiger partial charge in [0.2, 0.25) is 0 Å². The molecule has 0 spiro atoms. The van der Waals surface area contributed by atoms with Crippen LogP contribution in [0.3, 0.4) is 0 Å². The summed E-state index contributed by atoms with van der Waals surface area (Å²) in [7, 11) is 0. The van der Waals surface area contributed by atoms with E-state index in [9.17, 15) is 4.79 Å². The van der Waals surface area contributed by atoms with Gasteiger partial charge in [0, 0.05) is 25.6 Å². The van der Waals surface area contributed by atoms with Crippen LogP contribution in [0.15, 0.2) is 43.0 Å². The van der Waals surface area contributed by atoms with E-state index < -0.39 is 0 Å². The van der Waals surface area contributed by atoms with E-state index in [0.29, 0.717) is 26.2 Å². The Morgan fingerprint density at radius 2 is 2.25 bits per heavy atom. The maximum atomic E-state index is 12.4. The lowest BCUT2D eigenvalue weighted by Gasteiger charge is -2.33. The van der Waals surface area contributed by atoms with Crippen molar-refractivity contribution in [2.24, 2.45) is 0 Å². The lowest BCUT2D eigenvalue weighted by atomic mass is 10.1. The molecule has 2 heterocycles. The van der Waals surface area contributed by atoms with Crippen LogP contribution in [-0.4, -0.2) is 57.5 Å². The van der Waals surface area contributed by atoms with Crippen LogP contribution in [0.5, 0.6) is 0 Å². The largest absolute Gasteiger partial charge is 0.374 e. The average Bonchev–Trinajstić information content (AvgIpc) is 3.09. The molecule has 0 radical (unpaired) electrons. The first-order valence-electron chi connectivity index (χ1n) is 8.24. The predicted molar refractivity (Wildman–Crippen MR) is 89.5 cm³/mol. The number of aromatic nitrogens is 3. The molecule has 1 aromatic heterocycles. The molecule has 1 saturated heterocycles. The Hall–Kier alpha value is -2.41. The lowest BCUT2D eigenvalue weighted by molar-refractivity contribution is -0.0136. The molecule has 7 heteroatoms. The van der Waals surface area contributed by atoms with Crippen molar-refractivity contribution in [2.75, 3.05) is 19.7 Å². The van der Waals surface area contributed by atoms with E-state index in [2.05, 4.69) is 27.5 Å². The summed E-state index contributed by atoms with van der Waals surface area (Å²) in [6.07, 6.45) is 3.99. The summed E-state index contributed by atoms with van der Waals surface area (Å²) < 4.78 is 7.52. The monoisotopic (exact) mass is 329 g/mol. The fourth-order valence-electron chi connectivity index (χ4n) is 2.86. The Morgan fingerprint density at radius 3 is 3.00 bits per heavy atom. The minimum atomic E-state index is -0.0519. The first-order valence-corrected chi connectivity index (χ1v) is 8.24. The first-order chi connectivity index (χ1) is 11.7. The Morgan fingerprint density at radius 1 is 1.42 bits per heavy atom. The minimum Gasteiger partial charge on any atom is -0.374 e. The molecule has 0 aliphatic carbocycles. The zero-order valence-corrected chi connectivity index (χ0v) is 13.8. The Bertz CT molecular complexity index is 632. The highest BCUT2D eigenvalue weighted by molar-refractivity contribution is 5.74. The zero-order chi connectivity index (χ0) is 16.8. The van der Waals surface area contributed by atoms with Gasteiger partial charge in [-0.2, -0.15) is 5.10 Å².